The lowest BCUT2D eigenvalue weighted by Gasteiger charge is -2.13. The molecular formula is C23H24N6O4S2. The molecule has 0 atom stereocenters. The molecular weight excluding hydrogens is 488 g/mol. The van der Waals surface area contributed by atoms with E-state index in [1.165, 1.54) is 15.4 Å². The van der Waals surface area contributed by atoms with E-state index in [0.29, 0.717) is 27.2 Å². The number of thiocarbonyl (C=S) groups is 1. The van der Waals surface area contributed by atoms with E-state index in [0.717, 1.165) is 30.3 Å². The Morgan fingerprint density at radius 2 is 2.09 bits per heavy atom. The summed E-state index contributed by atoms with van der Waals surface area (Å²) in [4.78, 5) is 47.6. The van der Waals surface area contributed by atoms with Crippen molar-refractivity contribution >= 4 is 57.7 Å². The van der Waals surface area contributed by atoms with Crippen LogP contribution in [-0.4, -0.2) is 58.2 Å². The first-order valence-corrected chi connectivity index (χ1v) is 12.3. The Bertz CT molecular complexity index is 1370. The molecule has 12 heteroatoms. The average Bonchev–Trinajstić information content (AvgIpc) is 3.43. The summed E-state index contributed by atoms with van der Waals surface area (Å²) in [6.45, 7) is 3.41. The van der Waals surface area contributed by atoms with E-state index < -0.39 is 5.97 Å². The van der Waals surface area contributed by atoms with Gasteiger partial charge < -0.3 is 15.0 Å². The lowest BCUT2D eigenvalue weighted by atomic mass is 10.2. The van der Waals surface area contributed by atoms with Gasteiger partial charge in [0.1, 0.15) is 15.8 Å². The molecule has 1 fully saturated rings. The maximum Gasteiger partial charge on any atom is 0.303 e. The molecule has 0 aliphatic carbocycles. The monoisotopic (exact) mass is 512 g/mol. The molecule has 0 unspecified atom stereocenters. The maximum atomic E-state index is 13.4. The Balaban J connectivity index is 1.62. The molecule has 1 aliphatic heterocycles. The van der Waals surface area contributed by atoms with Crippen molar-refractivity contribution in [3.8, 4) is 0 Å². The van der Waals surface area contributed by atoms with Gasteiger partial charge in [-0.15, -0.1) is 0 Å². The van der Waals surface area contributed by atoms with Gasteiger partial charge in [-0.2, -0.15) is 0 Å². The highest BCUT2D eigenvalue weighted by atomic mass is 32.2. The molecule has 0 saturated carbocycles. The van der Waals surface area contributed by atoms with Crippen molar-refractivity contribution in [2.75, 3.05) is 18.4 Å². The number of amides is 1. The number of anilines is 1. The summed E-state index contributed by atoms with van der Waals surface area (Å²) >= 11 is 6.43. The van der Waals surface area contributed by atoms with Crippen LogP contribution >= 0.6 is 24.0 Å². The summed E-state index contributed by atoms with van der Waals surface area (Å²) in [6, 6.07) is 3.66. The summed E-state index contributed by atoms with van der Waals surface area (Å²) in [7, 11) is 0. The summed E-state index contributed by atoms with van der Waals surface area (Å²) in [6.07, 6.45) is 9.59. The number of carboxylic acids is 1. The zero-order valence-electron chi connectivity index (χ0n) is 19.0. The molecule has 0 radical (unpaired) electrons. The number of carboxylic acid groups (broad SMARTS) is 1. The van der Waals surface area contributed by atoms with Crippen molar-refractivity contribution < 1.29 is 14.7 Å². The van der Waals surface area contributed by atoms with Gasteiger partial charge >= 0.3 is 5.97 Å². The number of pyridine rings is 1. The lowest BCUT2D eigenvalue weighted by molar-refractivity contribution is -0.137. The van der Waals surface area contributed by atoms with Crippen molar-refractivity contribution in [3.63, 3.8) is 0 Å². The van der Waals surface area contributed by atoms with E-state index in [1.54, 1.807) is 24.8 Å². The fourth-order valence-corrected chi connectivity index (χ4v) is 4.91. The van der Waals surface area contributed by atoms with Crippen molar-refractivity contribution in [2.45, 2.75) is 32.7 Å². The zero-order chi connectivity index (χ0) is 24.9. The van der Waals surface area contributed by atoms with Gasteiger partial charge in [0.25, 0.3) is 11.5 Å². The van der Waals surface area contributed by atoms with Crippen LogP contribution in [0.5, 0.6) is 0 Å². The van der Waals surface area contributed by atoms with Crippen LogP contribution in [0.4, 0.5) is 5.82 Å². The minimum Gasteiger partial charge on any atom is -0.481 e. The van der Waals surface area contributed by atoms with E-state index >= 15 is 0 Å². The van der Waals surface area contributed by atoms with Crippen molar-refractivity contribution in [2.24, 2.45) is 0 Å². The van der Waals surface area contributed by atoms with Crippen LogP contribution in [0.1, 0.15) is 30.4 Å². The van der Waals surface area contributed by atoms with E-state index in [9.17, 15) is 14.4 Å². The van der Waals surface area contributed by atoms with Gasteiger partial charge in [0, 0.05) is 44.6 Å². The Labute approximate surface area is 210 Å². The van der Waals surface area contributed by atoms with E-state index in [-0.39, 0.29) is 36.4 Å². The van der Waals surface area contributed by atoms with Gasteiger partial charge in [0.15, 0.2) is 0 Å². The molecule has 0 aromatic carbocycles. The van der Waals surface area contributed by atoms with Gasteiger partial charge in [0.05, 0.1) is 16.8 Å². The number of rotatable bonds is 10. The number of carbonyl (C=O) groups excluding carboxylic acids is 1. The van der Waals surface area contributed by atoms with Gasteiger partial charge in [-0.1, -0.05) is 30.0 Å². The third-order valence-corrected chi connectivity index (χ3v) is 6.75. The SMILES string of the molecule is Cc1ccc2nc(NCCCn3ccnc3)c(C=C3SC(=S)N(CCCC(=O)O)C3=O)c(=O)n2c1. The number of aliphatic carboxylic acids is 1. The fraction of sp³-hybridized carbons (Fsp3) is 0.304. The third kappa shape index (κ3) is 5.77. The molecule has 1 amide bonds. The second kappa shape index (κ2) is 10.8. The van der Waals surface area contributed by atoms with Crippen molar-refractivity contribution in [1.29, 1.82) is 0 Å². The highest BCUT2D eigenvalue weighted by molar-refractivity contribution is 8.26. The molecule has 1 saturated heterocycles. The maximum absolute atomic E-state index is 13.4. The highest BCUT2D eigenvalue weighted by Gasteiger charge is 2.32. The van der Waals surface area contributed by atoms with E-state index in [2.05, 4.69) is 15.3 Å². The van der Waals surface area contributed by atoms with Crippen LogP contribution in [0, 0.1) is 6.92 Å². The molecule has 2 N–H and O–H groups in total. The molecule has 0 spiro atoms. The molecule has 3 aromatic heterocycles. The van der Waals surface area contributed by atoms with Crippen molar-refractivity contribution in [1.82, 2.24) is 23.8 Å². The van der Waals surface area contributed by atoms with E-state index in [4.69, 9.17) is 17.3 Å². The van der Waals surface area contributed by atoms with Crippen LogP contribution in [0.2, 0.25) is 0 Å². The smallest absolute Gasteiger partial charge is 0.303 e. The minimum absolute atomic E-state index is 0.0570. The molecule has 0 bridgehead atoms. The number of carbonyl (C=O) groups is 2. The first-order chi connectivity index (χ1) is 16.8. The fourth-order valence-electron chi connectivity index (χ4n) is 3.62. The summed E-state index contributed by atoms with van der Waals surface area (Å²) < 4.78 is 3.76. The standard InChI is InChI=1S/C23H24N6O4S2/c1-15-5-6-18-26-20(25-7-3-9-27-11-8-24-14-27)16(21(32)29(18)13-15)12-17-22(33)28(23(34)35-17)10-2-4-19(30)31/h5-6,8,11-14,25H,2-4,7,9-10H2,1H3,(H,30,31). The van der Waals surface area contributed by atoms with Crippen LogP contribution in [-0.2, 0) is 16.1 Å². The Kier molecular flexibility index (Phi) is 7.61. The lowest BCUT2D eigenvalue weighted by Crippen LogP contribution is -2.29. The van der Waals surface area contributed by atoms with Gasteiger partial charge in [-0.3, -0.25) is 23.7 Å². The number of nitrogens with one attached hydrogen (secondary N) is 1. The predicted octanol–water partition coefficient (Wildman–Crippen LogP) is 2.77. The van der Waals surface area contributed by atoms with E-state index in [1.807, 2.05) is 23.8 Å². The number of fused-ring (bicyclic) bond motifs is 1. The van der Waals surface area contributed by atoms with Crippen LogP contribution in [0.3, 0.4) is 0 Å². The molecule has 4 rings (SSSR count). The number of hydrogen-bond donors (Lipinski definition) is 2. The normalized spacial score (nSPS) is 14.9. The Morgan fingerprint density at radius 3 is 2.83 bits per heavy atom. The average molecular weight is 513 g/mol. The first kappa shape index (κ1) is 24.6. The van der Waals surface area contributed by atoms with Gasteiger partial charge in [-0.25, -0.2) is 9.97 Å². The highest BCUT2D eigenvalue weighted by Crippen LogP contribution is 2.33. The van der Waals surface area contributed by atoms with Crippen molar-refractivity contribution in [3.05, 3.63) is 63.4 Å². The Hall–Kier alpha value is -3.51. The number of imidazole rings is 1. The van der Waals surface area contributed by atoms with Gasteiger partial charge in [0.2, 0.25) is 0 Å². The third-order valence-electron chi connectivity index (χ3n) is 5.37. The van der Waals surface area contributed by atoms with Crippen LogP contribution < -0.4 is 10.9 Å². The van der Waals surface area contributed by atoms with Crippen LogP contribution in [0.15, 0.2) is 46.8 Å². The largest absolute Gasteiger partial charge is 0.481 e. The number of nitrogens with zero attached hydrogens (tertiary/aromatic N) is 5. The first-order valence-electron chi connectivity index (χ1n) is 11.0. The second-order valence-corrected chi connectivity index (χ2v) is 9.70. The molecule has 35 heavy (non-hydrogen) atoms. The summed E-state index contributed by atoms with van der Waals surface area (Å²) in [5, 5.41) is 12.1. The Morgan fingerprint density at radius 1 is 1.26 bits per heavy atom. The quantitative estimate of drug-likeness (QED) is 0.240. The number of hydrogen-bond acceptors (Lipinski definition) is 8. The molecule has 3 aromatic rings. The topological polar surface area (TPSA) is 122 Å². The molecule has 4 heterocycles. The van der Waals surface area contributed by atoms with Crippen LogP contribution in [0.25, 0.3) is 11.7 Å². The number of aryl methyl sites for hydroxylation is 2. The molecule has 1 aliphatic rings. The molecule has 182 valence electrons. The zero-order valence-corrected chi connectivity index (χ0v) is 20.6. The second-order valence-electron chi connectivity index (χ2n) is 8.03. The summed E-state index contributed by atoms with van der Waals surface area (Å²) in [5.41, 5.74) is 1.36. The minimum atomic E-state index is -0.930. The summed E-state index contributed by atoms with van der Waals surface area (Å²) in [5.74, 6) is -0.883. The predicted molar refractivity (Wildman–Crippen MR) is 138 cm³/mol. The van der Waals surface area contributed by atoms with Gasteiger partial charge in [-0.05, 0) is 37.5 Å². The number of thioether (sulfide) groups is 1. The number of aromatic nitrogens is 4. The molecule has 10 nitrogen and oxygen atoms in total.